The van der Waals surface area contributed by atoms with E-state index in [1.165, 1.54) is 13.2 Å². The van der Waals surface area contributed by atoms with Crippen molar-refractivity contribution in [3.05, 3.63) is 24.3 Å². The van der Waals surface area contributed by atoms with Gasteiger partial charge in [-0.05, 0) is 12.1 Å². The molecule has 0 saturated heterocycles. The van der Waals surface area contributed by atoms with Crippen LogP contribution in [0, 0.1) is 0 Å². The molecule has 0 aliphatic heterocycles. The highest BCUT2D eigenvalue weighted by molar-refractivity contribution is 5.90. The van der Waals surface area contributed by atoms with Crippen LogP contribution in [-0.2, 0) is 4.84 Å². The predicted molar refractivity (Wildman–Crippen MR) is 57.2 cm³/mol. The van der Waals surface area contributed by atoms with Crippen LogP contribution >= 0.6 is 0 Å². The number of carbonyl (C=O) groups excluding carboxylic acids is 1. The number of carbonyl (C=O) groups is 1. The number of ether oxygens (including phenoxy) is 1. The van der Waals surface area contributed by atoms with Crippen LogP contribution in [-0.4, -0.2) is 25.9 Å². The van der Waals surface area contributed by atoms with Gasteiger partial charge in [0.15, 0.2) is 6.61 Å². The summed E-state index contributed by atoms with van der Waals surface area (Å²) in [7, 11) is 1.40. The molecule has 0 fully saturated rings. The summed E-state index contributed by atoms with van der Waals surface area (Å²) in [5, 5.41) is 2.28. The molecule has 0 spiro atoms. The van der Waals surface area contributed by atoms with Crippen molar-refractivity contribution in [3.63, 3.8) is 0 Å². The molecule has 0 bridgehead atoms. The molecule has 18 heavy (non-hydrogen) atoms. The van der Waals surface area contributed by atoms with Gasteiger partial charge in [-0.2, -0.15) is 13.2 Å². The summed E-state index contributed by atoms with van der Waals surface area (Å²) in [5.74, 6) is 0.378. The summed E-state index contributed by atoms with van der Waals surface area (Å²) in [5.41, 5.74) is 1.93. The van der Waals surface area contributed by atoms with E-state index in [9.17, 15) is 18.0 Å². The van der Waals surface area contributed by atoms with E-state index in [4.69, 9.17) is 4.74 Å². The molecule has 0 aromatic heterocycles. The Morgan fingerprint density at radius 3 is 2.61 bits per heavy atom. The molecule has 0 unspecified atom stereocenters. The molecule has 0 aliphatic carbocycles. The lowest BCUT2D eigenvalue weighted by atomic mass is 10.3. The van der Waals surface area contributed by atoms with E-state index in [1.807, 2.05) is 0 Å². The third kappa shape index (κ3) is 4.91. The van der Waals surface area contributed by atoms with Crippen molar-refractivity contribution in [1.29, 1.82) is 0 Å². The average Bonchev–Trinajstić information content (AvgIpc) is 2.28. The summed E-state index contributed by atoms with van der Waals surface area (Å²) in [4.78, 5) is 15.2. The average molecular weight is 264 g/mol. The standard InChI is InChI=1S/C10H11F3N2O3/c1-17-8-5-3-2-4-7(8)14-9(16)15-18-6-10(11,12)13/h2-5H,6H2,1H3,(H2,14,15,16). The molecule has 2 amide bonds. The maximum Gasteiger partial charge on any atom is 0.414 e. The van der Waals surface area contributed by atoms with Crippen molar-refractivity contribution >= 4 is 11.7 Å². The van der Waals surface area contributed by atoms with Crippen LogP contribution in [0.15, 0.2) is 24.3 Å². The van der Waals surface area contributed by atoms with Gasteiger partial charge in [-0.25, -0.2) is 10.3 Å². The van der Waals surface area contributed by atoms with Gasteiger partial charge in [0.2, 0.25) is 0 Å². The number of halogens is 3. The molecule has 0 atom stereocenters. The van der Waals surface area contributed by atoms with Gasteiger partial charge in [-0.3, -0.25) is 4.84 Å². The molecule has 8 heteroatoms. The predicted octanol–water partition coefficient (Wildman–Crippen LogP) is 2.31. The monoisotopic (exact) mass is 264 g/mol. The Labute approximate surface area is 101 Å². The first-order valence-electron chi connectivity index (χ1n) is 4.81. The molecular formula is C10H11F3N2O3. The maximum atomic E-state index is 11.7. The number of rotatable bonds is 4. The highest BCUT2D eigenvalue weighted by Crippen LogP contribution is 2.22. The number of nitrogens with one attached hydrogen (secondary N) is 2. The van der Waals surface area contributed by atoms with E-state index in [1.54, 1.807) is 23.7 Å². The zero-order chi connectivity index (χ0) is 13.6. The fourth-order valence-corrected chi connectivity index (χ4v) is 1.08. The normalized spacial score (nSPS) is 10.9. The lowest BCUT2D eigenvalue weighted by molar-refractivity contribution is -0.183. The quantitative estimate of drug-likeness (QED) is 0.820. The van der Waals surface area contributed by atoms with Gasteiger partial charge >= 0.3 is 12.2 Å². The van der Waals surface area contributed by atoms with Crippen LogP contribution in [0.2, 0.25) is 0 Å². The molecule has 0 saturated carbocycles. The van der Waals surface area contributed by atoms with Gasteiger partial charge in [0.25, 0.3) is 0 Å². The number of benzene rings is 1. The van der Waals surface area contributed by atoms with Gasteiger partial charge in [0.1, 0.15) is 5.75 Å². The molecular weight excluding hydrogens is 253 g/mol. The van der Waals surface area contributed by atoms with Crippen molar-refractivity contribution in [1.82, 2.24) is 5.48 Å². The number of para-hydroxylation sites is 2. The summed E-state index contributed by atoms with van der Waals surface area (Å²) < 4.78 is 40.1. The first-order valence-corrected chi connectivity index (χ1v) is 4.81. The van der Waals surface area contributed by atoms with Crippen molar-refractivity contribution in [2.24, 2.45) is 0 Å². The highest BCUT2D eigenvalue weighted by atomic mass is 19.4. The fourth-order valence-electron chi connectivity index (χ4n) is 1.08. The second kappa shape index (κ2) is 6.10. The van der Waals surface area contributed by atoms with Crippen molar-refractivity contribution in [3.8, 4) is 5.75 Å². The van der Waals surface area contributed by atoms with Crippen molar-refractivity contribution in [2.75, 3.05) is 19.0 Å². The molecule has 0 radical (unpaired) electrons. The van der Waals surface area contributed by atoms with Gasteiger partial charge < -0.3 is 10.1 Å². The van der Waals surface area contributed by atoms with Crippen molar-refractivity contribution in [2.45, 2.75) is 6.18 Å². The Morgan fingerprint density at radius 1 is 1.33 bits per heavy atom. The Morgan fingerprint density at radius 2 is 2.00 bits per heavy atom. The Bertz CT molecular complexity index is 410. The van der Waals surface area contributed by atoms with E-state index >= 15 is 0 Å². The highest BCUT2D eigenvalue weighted by Gasteiger charge is 2.28. The van der Waals surface area contributed by atoms with Crippen LogP contribution in [0.1, 0.15) is 0 Å². The van der Waals surface area contributed by atoms with Crippen LogP contribution in [0.5, 0.6) is 5.75 Å². The molecule has 0 heterocycles. The molecule has 0 aliphatic rings. The zero-order valence-electron chi connectivity index (χ0n) is 9.38. The summed E-state index contributed by atoms with van der Waals surface area (Å²) in [6, 6.07) is 5.51. The van der Waals surface area contributed by atoms with E-state index < -0.39 is 18.8 Å². The van der Waals surface area contributed by atoms with Gasteiger partial charge in [0.05, 0.1) is 12.8 Å². The van der Waals surface area contributed by atoms with E-state index in [0.29, 0.717) is 11.4 Å². The number of hydrogen-bond acceptors (Lipinski definition) is 3. The molecule has 2 N–H and O–H groups in total. The summed E-state index contributed by atoms with van der Waals surface area (Å²) in [6.45, 7) is -1.56. The summed E-state index contributed by atoms with van der Waals surface area (Å²) in [6.07, 6.45) is -4.50. The van der Waals surface area contributed by atoms with E-state index in [-0.39, 0.29) is 0 Å². The number of hydrogen-bond donors (Lipinski definition) is 2. The van der Waals surface area contributed by atoms with Gasteiger partial charge in [-0.15, -0.1) is 0 Å². The lowest BCUT2D eigenvalue weighted by Gasteiger charge is -2.11. The number of urea groups is 1. The maximum absolute atomic E-state index is 11.7. The molecule has 1 rings (SSSR count). The largest absolute Gasteiger partial charge is 0.495 e. The first-order chi connectivity index (χ1) is 8.42. The van der Waals surface area contributed by atoms with Crippen molar-refractivity contribution < 1.29 is 27.5 Å². The Kier molecular flexibility index (Phi) is 4.78. The fraction of sp³-hybridized carbons (Fsp3) is 0.300. The minimum Gasteiger partial charge on any atom is -0.495 e. The smallest absolute Gasteiger partial charge is 0.414 e. The first kappa shape index (κ1) is 14.1. The zero-order valence-corrected chi connectivity index (χ0v) is 9.38. The summed E-state index contributed by atoms with van der Waals surface area (Å²) >= 11 is 0. The topological polar surface area (TPSA) is 59.6 Å². The van der Waals surface area contributed by atoms with Gasteiger partial charge in [-0.1, -0.05) is 12.1 Å². The number of alkyl halides is 3. The third-order valence-electron chi connectivity index (χ3n) is 1.76. The number of anilines is 1. The van der Waals surface area contributed by atoms with Crippen LogP contribution in [0.3, 0.4) is 0 Å². The number of amides is 2. The number of methoxy groups -OCH3 is 1. The van der Waals surface area contributed by atoms with Crippen LogP contribution in [0.4, 0.5) is 23.7 Å². The van der Waals surface area contributed by atoms with E-state index in [0.717, 1.165) is 0 Å². The van der Waals surface area contributed by atoms with Crippen LogP contribution < -0.4 is 15.5 Å². The minimum absolute atomic E-state index is 0.313. The third-order valence-corrected chi connectivity index (χ3v) is 1.76. The van der Waals surface area contributed by atoms with Crippen LogP contribution in [0.25, 0.3) is 0 Å². The number of hydroxylamine groups is 1. The lowest BCUT2D eigenvalue weighted by Crippen LogP contribution is -2.32. The molecule has 5 nitrogen and oxygen atoms in total. The SMILES string of the molecule is COc1ccccc1NC(=O)NOCC(F)(F)F. The van der Waals surface area contributed by atoms with E-state index in [2.05, 4.69) is 10.2 Å². The molecule has 100 valence electrons. The Hall–Kier alpha value is -1.96. The molecule has 1 aromatic carbocycles. The molecule has 1 aromatic rings. The second-order valence-corrected chi connectivity index (χ2v) is 3.16. The van der Waals surface area contributed by atoms with Gasteiger partial charge in [0, 0.05) is 0 Å². The second-order valence-electron chi connectivity index (χ2n) is 3.16. The minimum atomic E-state index is -4.50. The Balaban J connectivity index is 2.45.